The van der Waals surface area contributed by atoms with Crippen LogP contribution >= 0.6 is 0 Å². The molecule has 0 aliphatic rings. The summed E-state index contributed by atoms with van der Waals surface area (Å²) in [5.74, 6) is -3.24. The minimum Gasteiger partial charge on any atom is -0.508 e. The zero-order chi connectivity index (χ0) is 14.7. The molecule has 2 aromatic rings. The number of nitrogens with zero attached hydrogens (tertiary/aromatic N) is 2. The average molecular weight is 278 g/mol. The van der Waals surface area contributed by atoms with Gasteiger partial charge in [-0.05, 0) is 12.1 Å². The van der Waals surface area contributed by atoms with Crippen LogP contribution in [0.4, 0.5) is 8.78 Å². The Kier molecular flexibility index (Phi) is 3.93. The van der Waals surface area contributed by atoms with E-state index in [4.69, 9.17) is 0 Å². The summed E-state index contributed by atoms with van der Waals surface area (Å²) in [5, 5.41) is 9.63. The highest BCUT2D eigenvalue weighted by atomic mass is 19.2. The van der Waals surface area contributed by atoms with Crippen molar-refractivity contribution in [2.75, 3.05) is 7.05 Å². The molecular formula is C14H12F2N2O2. The van der Waals surface area contributed by atoms with E-state index >= 15 is 0 Å². The number of carbonyl (C=O) groups is 1. The van der Waals surface area contributed by atoms with Crippen LogP contribution in [0.5, 0.6) is 5.75 Å². The number of halogens is 2. The van der Waals surface area contributed by atoms with E-state index in [1.165, 1.54) is 18.0 Å². The Labute approximate surface area is 114 Å². The molecule has 0 aliphatic carbocycles. The Morgan fingerprint density at radius 3 is 2.70 bits per heavy atom. The van der Waals surface area contributed by atoms with E-state index in [0.29, 0.717) is 5.56 Å². The number of amides is 1. The molecule has 104 valence electrons. The van der Waals surface area contributed by atoms with E-state index in [2.05, 4.69) is 4.98 Å². The largest absolute Gasteiger partial charge is 0.508 e. The molecule has 6 heteroatoms. The topological polar surface area (TPSA) is 53.4 Å². The normalized spacial score (nSPS) is 10.3. The molecule has 0 saturated carbocycles. The summed E-state index contributed by atoms with van der Waals surface area (Å²) in [7, 11) is 1.44. The van der Waals surface area contributed by atoms with Crippen LogP contribution in [0.3, 0.4) is 0 Å². The van der Waals surface area contributed by atoms with E-state index in [1.807, 2.05) is 0 Å². The second kappa shape index (κ2) is 5.64. The second-order valence-corrected chi connectivity index (χ2v) is 4.25. The lowest BCUT2D eigenvalue weighted by Crippen LogP contribution is -2.27. The average Bonchev–Trinajstić information content (AvgIpc) is 2.43. The van der Waals surface area contributed by atoms with E-state index < -0.39 is 23.2 Å². The third-order valence-electron chi connectivity index (χ3n) is 2.82. The minimum atomic E-state index is -1.31. The maximum absolute atomic E-state index is 13.5. The number of aromatic hydroxyl groups is 1. The first-order valence-corrected chi connectivity index (χ1v) is 5.83. The number of carbonyl (C=O) groups excluding carboxylic acids is 1. The summed E-state index contributed by atoms with van der Waals surface area (Å²) in [6.45, 7) is 0.0783. The standard InChI is InChI=1S/C14H12F2N2O2/c1-18(8-9-4-2-3-5-11(9)19)14(20)10-6-7-17-13(16)12(10)15/h2-7,19H,8H2,1H3. The van der Waals surface area contributed by atoms with Gasteiger partial charge < -0.3 is 10.0 Å². The van der Waals surface area contributed by atoms with Gasteiger partial charge in [-0.2, -0.15) is 4.39 Å². The fraction of sp³-hybridized carbons (Fsp3) is 0.143. The van der Waals surface area contributed by atoms with Gasteiger partial charge in [0.2, 0.25) is 5.95 Å². The molecule has 0 radical (unpaired) electrons. The van der Waals surface area contributed by atoms with Crippen LogP contribution in [0.25, 0.3) is 0 Å². The van der Waals surface area contributed by atoms with Crippen molar-refractivity contribution in [3.63, 3.8) is 0 Å². The molecule has 1 heterocycles. The molecule has 0 bridgehead atoms. The zero-order valence-corrected chi connectivity index (χ0v) is 10.7. The lowest BCUT2D eigenvalue weighted by atomic mass is 10.1. The predicted octanol–water partition coefficient (Wildman–Crippen LogP) is 2.34. The predicted molar refractivity (Wildman–Crippen MR) is 68.1 cm³/mol. The Morgan fingerprint density at radius 2 is 2.00 bits per heavy atom. The molecular weight excluding hydrogens is 266 g/mol. The van der Waals surface area contributed by atoms with Crippen LogP contribution < -0.4 is 0 Å². The number of phenolic OH excluding ortho intramolecular Hbond substituents is 1. The van der Waals surface area contributed by atoms with Crippen LogP contribution in [0, 0.1) is 11.8 Å². The molecule has 0 atom stereocenters. The van der Waals surface area contributed by atoms with Crippen molar-refractivity contribution in [2.45, 2.75) is 6.54 Å². The Morgan fingerprint density at radius 1 is 1.30 bits per heavy atom. The molecule has 1 aromatic carbocycles. The number of hydrogen-bond donors (Lipinski definition) is 1. The van der Waals surface area contributed by atoms with Gasteiger partial charge in [0.1, 0.15) is 5.75 Å². The molecule has 0 aliphatic heterocycles. The second-order valence-electron chi connectivity index (χ2n) is 4.25. The maximum atomic E-state index is 13.5. The summed E-state index contributed by atoms with van der Waals surface area (Å²) in [6, 6.07) is 7.60. The molecule has 2 rings (SSSR count). The number of benzene rings is 1. The van der Waals surface area contributed by atoms with Gasteiger partial charge in [-0.3, -0.25) is 4.79 Å². The highest BCUT2D eigenvalue weighted by Crippen LogP contribution is 2.19. The molecule has 0 saturated heterocycles. The number of rotatable bonds is 3. The third kappa shape index (κ3) is 2.74. The van der Waals surface area contributed by atoms with Crippen molar-refractivity contribution in [1.82, 2.24) is 9.88 Å². The van der Waals surface area contributed by atoms with Gasteiger partial charge in [0.05, 0.1) is 5.56 Å². The van der Waals surface area contributed by atoms with Gasteiger partial charge in [0.25, 0.3) is 5.91 Å². The van der Waals surface area contributed by atoms with Gasteiger partial charge in [-0.1, -0.05) is 18.2 Å². The van der Waals surface area contributed by atoms with Crippen LogP contribution in [0.15, 0.2) is 36.5 Å². The molecule has 4 nitrogen and oxygen atoms in total. The highest BCUT2D eigenvalue weighted by Gasteiger charge is 2.20. The van der Waals surface area contributed by atoms with Crippen molar-refractivity contribution < 1.29 is 18.7 Å². The van der Waals surface area contributed by atoms with E-state index in [-0.39, 0.29) is 12.3 Å². The van der Waals surface area contributed by atoms with Gasteiger partial charge in [0, 0.05) is 25.4 Å². The summed E-state index contributed by atoms with van der Waals surface area (Å²) in [5.41, 5.74) is 0.119. The van der Waals surface area contributed by atoms with Crippen LogP contribution in [-0.2, 0) is 6.54 Å². The molecule has 20 heavy (non-hydrogen) atoms. The summed E-state index contributed by atoms with van der Waals surface area (Å²) >= 11 is 0. The number of pyridine rings is 1. The van der Waals surface area contributed by atoms with Gasteiger partial charge in [-0.15, -0.1) is 0 Å². The highest BCUT2D eigenvalue weighted by molar-refractivity contribution is 5.94. The first-order chi connectivity index (χ1) is 9.50. The SMILES string of the molecule is CN(Cc1ccccc1O)C(=O)c1ccnc(F)c1F. The number of aromatic nitrogens is 1. The third-order valence-corrected chi connectivity index (χ3v) is 2.82. The molecule has 1 N–H and O–H groups in total. The maximum Gasteiger partial charge on any atom is 0.257 e. The van der Waals surface area contributed by atoms with Crippen molar-refractivity contribution in [3.8, 4) is 5.75 Å². The van der Waals surface area contributed by atoms with Crippen molar-refractivity contribution in [3.05, 3.63) is 59.4 Å². The molecule has 1 aromatic heterocycles. The lowest BCUT2D eigenvalue weighted by Gasteiger charge is -2.18. The Bertz CT molecular complexity index is 647. The minimum absolute atomic E-state index is 0.0357. The van der Waals surface area contributed by atoms with Crippen LogP contribution in [0.2, 0.25) is 0 Å². The van der Waals surface area contributed by atoms with Crippen LogP contribution in [-0.4, -0.2) is 27.9 Å². The fourth-order valence-corrected chi connectivity index (χ4v) is 1.76. The Hall–Kier alpha value is -2.50. The van der Waals surface area contributed by atoms with E-state index in [0.717, 1.165) is 12.3 Å². The van der Waals surface area contributed by atoms with E-state index in [9.17, 15) is 18.7 Å². The number of hydrogen-bond acceptors (Lipinski definition) is 3. The summed E-state index contributed by atoms with van der Waals surface area (Å²) in [6.07, 6.45) is 1.03. The summed E-state index contributed by atoms with van der Waals surface area (Å²) < 4.78 is 26.5. The summed E-state index contributed by atoms with van der Waals surface area (Å²) in [4.78, 5) is 16.4. The van der Waals surface area contributed by atoms with Gasteiger partial charge in [0.15, 0.2) is 5.82 Å². The molecule has 1 amide bonds. The molecule has 0 unspecified atom stereocenters. The van der Waals surface area contributed by atoms with Crippen molar-refractivity contribution in [1.29, 1.82) is 0 Å². The van der Waals surface area contributed by atoms with Gasteiger partial charge in [-0.25, -0.2) is 9.37 Å². The number of para-hydroxylation sites is 1. The zero-order valence-electron chi connectivity index (χ0n) is 10.7. The first kappa shape index (κ1) is 13.9. The quantitative estimate of drug-likeness (QED) is 0.877. The first-order valence-electron chi connectivity index (χ1n) is 5.83. The van der Waals surface area contributed by atoms with Crippen molar-refractivity contribution in [2.24, 2.45) is 0 Å². The van der Waals surface area contributed by atoms with Crippen molar-refractivity contribution >= 4 is 5.91 Å². The molecule has 0 spiro atoms. The monoisotopic (exact) mass is 278 g/mol. The number of phenols is 1. The Balaban J connectivity index is 2.21. The van der Waals surface area contributed by atoms with E-state index in [1.54, 1.807) is 18.2 Å². The molecule has 0 fully saturated rings. The fourth-order valence-electron chi connectivity index (χ4n) is 1.76. The lowest BCUT2D eigenvalue weighted by molar-refractivity contribution is 0.0778. The smallest absolute Gasteiger partial charge is 0.257 e. The van der Waals surface area contributed by atoms with Gasteiger partial charge >= 0.3 is 0 Å². The van der Waals surface area contributed by atoms with Crippen LogP contribution in [0.1, 0.15) is 15.9 Å².